The van der Waals surface area contributed by atoms with E-state index in [1.165, 1.54) is 37.3 Å². The van der Waals surface area contributed by atoms with E-state index in [4.69, 9.17) is 4.74 Å². The molecule has 0 unspecified atom stereocenters. The predicted molar refractivity (Wildman–Crippen MR) is 85.4 cm³/mol. The summed E-state index contributed by atoms with van der Waals surface area (Å²) in [5.74, 6) is -2.12. The molecule has 0 radical (unpaired) electrons. The molecule has 0 saturated heterocycles. The molecule has 0 aliphatic heterocycles. The van der Waals surface area contributed by atoms with Crippen LogP contribution in [-0.2, 0) is 20.7 Å². The minimum Gasteiger partial charge on any atom is -0.452 e. The molecule has 1 N–H and O–H groups in total. The van der Waals surface area contributed by atoms with E-state index in [1.807, 2.05) is 0 Å². The summed E-state index contributed by atoms with van der Waals surface area (Å²) in [6.45, 7) is 3.01. The van der Waals surface area contributed by atoms with Gasteiger partial charge in [-0.25, -0.2) is 8.78 Å². The molecule has 0 spiro atoms. The van der Waals surface area contributed by atoms with Crippen molar-refractivity contribution < 1.29 is 23.1 Å². The van der Waals surface area contributed by atoms with Crippen LogP contribution in [-0.4, -0.2) is 18.0 Å². The van der Waals surface area contributed by atoms with Gasteiger partial charge in [-0.3, -0.25) is 9.59 Å². The van der Waals surface area contributed by atoms with Gasteiger partial charge in [-0.15, -0.1) is 0 Å². The molecule has 2 rings (SSSR count). The average molecular weight is 333 g/mol. The van der Waals surface area contributed by atoms with Crippen molar-refractivity contribution in [1.29, 1.82) is 0 Å². The third-order valence-corrected chi connectivity index (χ3v) is 3.35. The number of halogens is 2. The lowest BCUT2D eigenvalue weighted by atomic mass is 10.1. The van der Waals surface area contributed by atoms with Gasteiger partial charge in [0.2, 0.25) is 0 Å². The zero-order valence-corrected chi connectivity index (χ0v) is 13.3. The number of hydrogen-bond donors (Lipinski definition) is 1. The van der Waals surface area contributed by atoms with Crippen LogP contribution in [0.5, 0.6) is 0 Å². The van der Waals surface area contributed by atoms with Crippen molar-refractivity contribution in [3.63, 3.8) is 0 Å². The van der Waals surface area contributed by atoms with Crippen LogP contribution in [0.15, 0.2) is 42.5 Å². The molecule has 6 heteroatoms. The Morgan fingerprint density at radius 3 is 2.58 bits per heavy atom. The highest BCUT2D eigenvalue weighted by atomic mass is 19.1. The Bertz CT molecular complexity index is 762. The summed E-state index contributed by atoms with van der Waals surface area (Å²) in [4.78, 5) is 23.8. The van der Waals surface area contributed by atoms with E-state index >= 15 is 0 Å². The second kappa shape index (κ2) is 7.68. The Kier molecular flexibility index (Phi) is 5.63. The Morgan fingerprint density at radius 1 is 1.17 bits per heavy atom. The molecule has 0 bridgehead atoms. The number of benzene rings is 2. The molecule has 24 heavy (non-hydrogen) atoms. The van der Waals surface area contributed by atoms with Gasteiger partial charge in [0.1, 0.15) is 11.6 Å². The highest BCUT2D eigenvalue weighted by molar-refractivity contribution is 5.95. The predicted octanol–water partition coefficient (Wildman–Crippen LogP) is 3.39. The van der Waals surface area contributed by atoms with Gasteiger partial charge in [0.05, 0.1) is 6.42 Å². The van der Waals surface area contributed by atoms with Crippen LogP contribution in [0.2, 0.25) is 0 Å². The first-order valence-corrected chi connectivity index (χ1v) is 7.36. The van der Waals surface area contributed by atoms with E-state index in [1.54, 1.807) is 19.1 Å². The monoisotopic (exact) mass is 333 g/mol. The van der Waals surface area contributed by atoms with Crippen LogP contribution >= 0.6 is 0 Å². The molecule has 0 aromatic heterocycles. The number of anilines is 1. The fourth-order valence-electron chi connectivity index (χ4n) is 2.02. The maximum absolute atomic E-state index is 13.4. The summed E-state index contributed by atoms with van der Waals surface area (Å²) in [7, 11) is 0. The first-order chi connectivity index (χ1) is 11.3. The molecular weight excluding hydrogens is 316 g/mol. The summed E-state index contributed by atoms with van der Waals surface area (Å²) in [6.07, 6.45) is -1.20. The van der Waals surface area contributed by atoms with Crippen molar-refractivity contribution in [3.05, 3.63) is 65.2 Å². The molecule has 4 nitrogen and oxygen atoms in total. The fraction of sp³-hybridized carbons (Fsp3) is 0.222. The van der Waals surface area contributed by atoms with Gasteiger partial charge in [-0.1, -0.05) is 18.2 Å². The van der Waals surface area contributed by atoms with E-state index in [2.05, 4.69) is 5.32 Å². The van der Waals surface area contributed by atoms with E-state index < -0.39 is 29.6 Å². The van der Waals surface area contributed by atoms with Gasteiger partial charge in [0.25, 0.3) is 5.91 Å². The van der Waals surface area contributed by atoms with Crippen molar-refractivity contribution >= 4 is 17.6 Å². The topological polar surface area (TPSA) is 55.4 Å². The largest absolute Gasteiger partial charge is 0.452 e. The molecule has 0 heterocycles. The van der Waals surface area contributed by atoms with Crippen LogP contribution in [0, 0.1) is 18.6 Å². The minimum absolute atomic E-state index is 0.144. The third-order valence-electron chi connectivity index (χ3n) is 3.35. The lowest BCUT2D eigenvalue weighted by Gasteiger charge is -2.14. The lowest BCUT2D eigenvalue weighted by molar-refractivity contribution is -0.152. The summed E-state index contributed by atoms with van der Waals surface area (Å²) in [5, 5.41) is 2.47. The number of amides is 1. The van der Waals surface area contributed by atoms with Crippen molar-refractivity contribution in [1.82, 2.24) is 0 Å². The average Bonchev–Trinajstić information content (AvgIpc) is 2.50. The molecule has 1 atom stereocenters. The number of aryl methyl sites for hydroxylation is 1. The second-order valence-electron chi connectivity index (χ2n) is 5.39. The first kappa shape index (κ1) is 17.6. The van der Waals surface area contributed by atoms with Crippen molar-refractivity contribution in [2.45, 2.75) is 26.4 Å². The minimum atomic E-state index is -1.06. The summed E-state index contributed by atoms with van der Waals surface area (Å²) < 4.78 is 31.5. The van der Waals surface area contributed by atoms with Crippen molar-refractivity contribution in [3.8, 4) is 0 Å². The zero-order valence-electron chi connectivity index (χ0n) is 13.3. The fourth-order valence-corrected chi connectivity index (χ4v) is 2.02. The number of esters is 1. The Hall–Kier alpha value is -2.76. The van der Waals surface area contributed by atoms with Crippen molar-refractivity contribution in [2.24, 2.45) is 0 Å². The van der Waals surface area contributed by atoms with Gasteiger partial charge in [-0.05, 0) is 49.2 Å². The van der Waals surface area contributed by atoms with Gasteiger partial charge < -0.3 is 10.1 Å². The molecular formula is C18H17F2NO3. The second-order valence-corrected chi connectivity index (χ2v) is 5.39. The molecule has 2 aromatic carbocycles. The molecule has 0 fully saturated rings. The maximum Gasteiger partial charge on any atom is 0.311 e. The third kappa shape index (κ3) is 4.87. The smallest absolute Gasteiger partial charge is 0.311 e. The number of ether oxygens (including phenoxy) is 1. The normalized spacial score (nSPS) is 11.7. The SMILES string of the molecule is Cc1ccc(NC(=O)[C@@H](C)OC(=O)Cc2cccc(F)c2)cc1F. The number of carbonyl (C=O) groups is 2. The van der Waals surface area contributed by atoms with Crippen molar-refractivity contribution in [2.75, 3.05) is 5.32 Å². The van der Waals surface area contributed by atoms with E-state index in [-0.39, 0.29) is 12.1 Å². The Balaban J connectivity index is 1.90. The van der Waals surface area contributed by atoms with Gasteiger partial charge in [0, 0.05) is 5.69 Å². The quantitative estimate of drug-likeness (QED) is 0.854. The van der Waals surface area contributed by atoms with Crippen LogP contribution in [0.1, 0.15) is 18.1 Å². The van der Waals surface area contributed by atoms with Crippen LogP contribution < -0.4 is 5.32 Å². The maximum atomic E-state index is 13.4. The highest BCUT2D eigenvalue weighted by Crippen LogP contribution is 2.14. The standard InChI is InChI=1S/C18H17F2NO3/c1-11-6-7-15(10-16(11)20)21-18(23)12(2)24-17(22)9-13-4-3-5-14(19)8-13/h3-8,10,12H,9H2,1-2H3,(H,21,23)/t12-/m1/s1. The van der Waals surface area contributed by atoms with Gasteiger partial charge >= 0.3 is 5.97 Å². The number of hydrogen-bond acceptors (Lipinski definition) is 3. The Labute approximate surface area is 138 Å². The number of nitrogens with one attached hydrogen (secondary N) is 1. The van der Waals surface area contributed by atoms with Gasteiger partial charge in [0.15, 0.2) is 6.10 Å². The molecule has 0 saturated carbocycles. The first-order valence-electron chi connectivity index (χ1n) is 7.36. The Morgan fingerprint density at radius 2 is 1.92 bits per heavy atom. The number of carbonyl (C=O) groups excluding carboxylic acids is 2. The van der Waals surface area contributed by atoms with E-state index in [0.29, 0.717) is 11.1 Å². The number of rotatable bonds is 5. The summed E-state index contributed by atoms with van der Waals surface area (Å²) in [6, 6.07) is 9.84. The molecule has 126 valence electrons. The van der Waals surface area contributed by atoms with Crippen LogP contribution in [0.4, 0.5) is 14.5 Å². The summed E-state index contributed by atoms with van der Waals surface area (Å²) in [5.41, 5.74) is 1.19. The van der Waals surface area contributed by atoms with Gasteiger partial charge in [-0.2, -0.15) is 0 Å². The highest BCUT2D eigenvalue weighted by Gasteiger charge is 2.18. The zero-order chi connectivity index (χ0) is 17.7. The molecule has 1 amide bonds. The summed E-state index contributed by atoms with van der Waals surface area (Å²) >= 11 is 0. The molecule has 0 aliphatic rings. The van der Waals surface area contributed by atoms with Crippen LogP contribution in [0.3, 0.4) is 0 Å². The lowest BCUT2D eigenvalue weighted by Crippen LogP contribution is -2.30. The van der Waals surface area contributed by atoms with E-state index in [9.17, 15) is 18.4 Å². The van der Waals surface area contributed by atoms with Crippen LogP contribution in [0.25, 0.3) is 0 Å². The molecule has 2 aromatic rings. The molecule has 0 aliphatic carbocycles. The van der Waals surface area contributed by atoms with E-state index in [0.717, 1.165) is 0 Å².